The van der Waals surface area contributed by atoms with Crippen molar-refractivity contribution in [1.29, 1.82) is 0 Å². The summed E-state index contributed by atoms with van der Waals surface area (Å²) in [4.78, 5) is 25.6. The van der Waals surface area contributed by atoms with E-state index in [-0.39, 0.29) is 17.2 Å². The van der Waals surface area contributed by atoms with E-state index >= 15 is 0 Å². The van der Waals surface area contributed by atoms with Gasteiger partial charge in [-0.1, -0.05) is 23.4 Å². The number of anilines is 1. The Morgan fingerprint density at radius 3 is 2.70 bits per heavy atom. The molecule has 0 spiro atoms. The zero-order valence-corrected chi connectivity index (χ0v) is 12.1. The number of aromatic nitrogens is 3. The molecular formula is C12H11ClN4O2S. The summed E-state index contributed by atoms with van der Waals surface area (Å²) in [7, 11) is 0. The number of H-pyrrole nitrogens is 1. The highest BCUT2D eigenvalue weighted by Gasteiger charge is 2.06. The first kappa shape index (κ1) is 14.5. The molecule has 2 N–H and O–H groups in total. The molecule has 2 aromatic rings. The molecule has 1 aromatic carbocycles. The molecule has 1 aromatic heterocycles. The van der Waals surface area contributed by atoms with Crippen LogP contribution in [0.5, 0.6) is 0 Å². The maximum atomic E-state index is 11.7. The van der Waals surface area contributed by atoms with E-state index in [0.717, 1.165) is 11.8 Å². The van der Waals surface area contributed by atoms with Crippen molar-refractivity contribution in [3.8, 4) is 0 Å². The van der Waals surface area contributed by atoms with Crippen LogP contribution in [0.1, 0.15) is 5.69 Å². The molecule has 1 heterocycles. The molecule has 6 nitrogen and oxygen atoms in total. The lowest BCUT2D eigenvalue weighted by Gasteiger charge is -2.04. The molecule has 0 aliphatic rings. The zero-order chi connectivity index (χ0) is 14.5. The third kappa shape index (κ3) is 4.07. The lowest BCUT2D eigenvalue weighted by Crippen LogP contribution is -2.17. The smallest absolute Gasteiger partial charge is 0.273 e. The van der Waals surface area contributed by atoms with E-state index in [1.807, 2.05) is 0 Å². The number of nitrogens with one attached hydrogen (secondary N) is 2. The largest absolute Gasteiger partial charge is 0.325 e. The van der Waals surface area contributed by atoms with Gasteiger partial charge in [0.2, 0.25) is 5.91 Å². The summed E-state index contributed by atoms with van der Waals surface area (Å²) in [6.07, 6.45) is 0. The van der Waals surface area contributed by atoms with Gasteiger partial charge in [-0.15, -0.1) is 10.2 Å². The van der Waals surface area contributed by atoms with Gasteiger partial charge in [0.15, 0.2) is 5.16 Å². The van der Waals surface area contributed by atoms with Crippen molar-refractivity contribution in [2.75, 3.05) is 11.1 Å². The number of aryl methyl sites for hydroxylation is 1. The maximum absolute atomic E-state index is 11.7. The van der Waals surface area contributed by atoms with Crippen LogP contribution in [0.25, 0.3) is 0 Å². The number of nitrogens with zero attached hydrogens (tertiary/aromatic N) is 2. The minimum atomic E-state index is -0.305. The number of amides is 1. The van der Waals surface area contributed by atoms with Gasteiger partial charge >= 0.3 is 0 Å². The van der Waals surface area contributed by atoms with Crippen molar-refractivity contribution >= 4 is 35.0 Å². The summed E-state index contributed by atoms with van der Waals surface area (Å²) in [5, 5.41) is 11.1. The second kappa shape index (κ2) is 6.53. The van der Waals surface area contributed by atoms with E-state index in [9.17, 15) is 9.59 Å². The van der Waals surface area contributed by atoms with Crippen LogP contribution in [-0.4, -0.2) is 26.8 Å². The lowest BCUT2D eigenvalue weighted by molar-refractivity contribution is -0.113. The molecule has 0 fully saturated rings. The average Bonchev–Trinajstić information content (AvgIpc) is 2.43. The summed E-state index contributed by atoms with van der Waals surface area (Å²) in [6, 6.07) is 6.79. The molecular weight excluding hydrogens is 300 g/mol. The van der Waals surface area contributed by atoms with Crippen LogP contribution in [0.3, 0.4) is 0 Å². The highest BCUT2D eigenvalue weighted by Crippen LogP contribution is 2.15. The number of rotatable bonds is 4. The summed E-state index contributed by atoms with van der Waals surface area (Å²) in [5.74, 6) is -0.0865. The molecule has 0 radical (unpaired) electrons. The third-order valence-corrected chi connectivity index (χ3v) is 3.42. The predicted octanol–water partition coefficient (Wildman–Crippen LogP) is 1.86. The summed E-state index contributed by atoms with van der Waals surface area (Å²) in [6.45, 7) is 1.56. The Morgan fingerprint density at radius 1 is 1.35 bits per heavy atom. The van der Waals surface area contributed by atoms with Crippen LogP contribution in [0.4, 0.5) is 5.69 Å². The molecule has 0 atom stereocenters. The Balaban J connectivity index is 1.90. The highest BCUT2D eigenvalue weighted by atomic mass is 35.5. The number of aromatic amines is 1. The van der Waals surface area contributed by atoms with Gasteiger partial charge in [0.05, 0.1) is 5.75 Å². The van der Waals surface area contributed by atoms with Crippen LogP contribution in [-0.2, 0) is 4.79 Å². The molecule has 8 heteroatoms. The molecule has 0 aliphatic carbocycles. The van der Waals surface area contributed by atoms with Gasteiger partial charge in [0.25, 0.3) is 5.56 Å². The zero-order valence-electron chi connectivity index (χ0n) is 10.5. The molecule has 2 rings (SSSR count). The molecule has 0 saturated heterocycles. The fraction of sp³-hybridized carbons (Fsp3) is 0.167. The Kier molecular flexibility index (Phi) is 4.75. The van der Waals surface area contributed by atoms with Crippen molar-refractivity contribution in [1.82, 2.24) is 15.2 Å². The van der Waals surface area contributed by atoms with Crippen molar-refractivity contribution < 1.29 is 4.79 Å². The van der Waals surface area contributed by atoms with Crippen LogP contribution in [0.15, 0.2) is 34.2 Å². The van der Waals surface area contributed by atoms with E-state index < -0.39 is 0 Å². The standard InChI is InChI=1S/C12H11ClN4O2S/c1-7-11(19)15-12(17-16-7)20-6-10(18)14-9-4-2-8(13)3-5-9/h2-5H,6H2,1H3,(H,14,18)(H,15,17,19). The van der Waals surface area contributed by atoms with Crippen LogP contribution >= 0.6 is 23.4 Å². The quantitative estimate of drug-likeness (QED) is 0.842. The van der Waals surface area contributed by atoms with E-state index in [4.69, 9.17) is 11.6 Å². The van der Waals surface area contributed by atoms with Crippen LogP contribution in [0, 0.1) is 6.92 Å². The van der Waals surface area contributed by atoms with Crippen molar-refractivity contribution in [2.24, 2.45) is 0 Å². The van der Waals surface area contributed by atoms with Gasteiger partial charge < -0.3 is 5.32 Å². The van der Waals surface area contributed by atoms with E-state index in [1.54, 1.807) is 31.2 Å². The van der Waals surface area contributed by atoms with E-state index in [2.05, 4.69) is 20.5 Å². The summed E-state index contributed by atoms with van der Waals surface area (Å²) >= 11 is 6.86. The van der Waals surface area contributed by atoms with Gasteiger partial charge in [0.1, 0.15) is 5.69 Å². The van der Waals surface area contributed by atoms with Crippen LogP contribution < -0.4 is 10.9 Å². The monoisotopic (exact) mass is 310 g/mol. The van der Waals surface area contributed by atoms with Gasteiger partial charge in [-0.3, -0.25) is 14.6 Å². The van der Waals surface area contributed by atoms with Crippen LogP contribution in [0.2, 0.25) is 5.02 Å². The summed E-state index contributed by atoms with van der Waals surface area (Å²) < 4.78 is 0. The van der Waals surface area contributed by atoms with Gasteiger partial charge in [-0.25, -0.2) is 0 Å². The minimum absolute atomic E-state index is 0.121. The first-order chi connectivity index (χ1) is 9.54. The molecule has 104 valence electrons. The van der Waals surface area contributed by atoms with Gasteiger partial charge in [0, 0.05) is 10.7 Å². The Labute approximate surface area is 124 Å². The van der Waals surface area contributed by atoms with E-state index in [0.29, 0.717) is 21.6 Å². The molecule has 1 amide bonds. The molecule has 0 saturated carbocycles. The average molecular weight is 311 g/mol. The number of halogens is 1. The third-order valence-electron chi connectivity index (χ3n) is 2.31. The number of hydrogen-bond acceptors (Lipinski definition) is 5. The summed E-state index contributed by atoms with van der Waals surface area (Å²) in [5.41, 5.74) is 0.643. The van der Waals surface area contributed by atoms with Crippen molar-refractivity contribution in [2.45, 2.75) is 12.1 Å². The highest BCUT2D eigenvalue weighted by molar-refractivity contribution is 7.99. The maximum Gasteiger partial charge on any atom is 0.273 e. The van der Waals surface area contributed by atoms with Crippen molar-refractivity contribution in [3.05, 3.63) is 45.3 Å². The topological polar surface area (TPSA) is 87.7 Å². The van der Waals surface area contributed by atoms with Gasteiger partial charge in [-0.05, 0) is 31.2 Å². The number of carbonyl (C=O) groups is 1. The Hall–Kier alpha value is -1.86. The Morgan fingerprint density at radius 2 is 2.05 bits per heavy atom. The fourth-order valence-corrected chi connectivity index (χ4v) is 2.04. The van der Waals surface area contributed by atoms with E-state index in [1.165, 1.54) is 0 Å². The molecule has 0 bridgehead atoms. The number of benzene rings is 1. The second-order valence-corrected chi connectivity index (χ2v) is 5.29. The second-order valence-electron chi connectivity index (χ2n) is 3.89. The van der Waals surface area contributed by atoms with Crippen molar-refractivity contribution in [3.63, 3.8) is 0 Å². The Bertz CT molecular complexity index is 672. The molecule has 0 aliphatic heterocycles. The lowest BCUT2D eigenvalue weighted by atomic mass is 10.3. The molecule has 0 unspecified atom stereocenters. The number of hydrogen-bond donors (Lipinski definition) is 2. The normalized spacial score (nSPS) is 10.3. The first-order valence-electron chi connectivity index (χ1n) is 5.66. The SMILES string of the molecule is Cc1nnc(SCC(=O)Nc2ccc(Cl)cc2)[nH]c1=O. The number of thioether (sulfide) groups is 1. The molecule has 20 heavy (non-hydrogen) atoms. The predicted molar refractivity (Wildman–Crippen MR) is 78.2 cm³/mol. The number of carbonyl (C=O) groups excluding carboxylic acids is 1. The first-order valence-corrected chi connectivity index (χ1v) is 7.03. The minimum Gasteiger partial charge on any atom is -0.325 e. The fourth-order valence-electron chi connectivity index (χ4n) is 1.31. The van der Waals surface area contributed by atoms with Gasteiger partial charge in [-0.2, -0.15) is 0 Å².